The minimum atomic E-state index is -0.0517. The van der Waals surface area contributed by atoms with E-state index in [9.17, 15) is 5.41 Å². The maximum absolute atomic E-state index is 10.3. The zero-order valence-electron chi connectivity index (χ0n) is 14.3. The Labute approximate surface area is 181 Å². The Morgan fingerprint density at radius 2 is 1.04 bits per heavy atom. The van der Waals surface area contributed by atoms with Gasteiger partial charge in [0.2, 0.25) is 0 Å². The summed E-state index contributed by atoms with van der Waals surface area (Å²) in [5.74, 6) is 0.419. The van der Waals surface area contributed by atoms with Crippen molar-refractivity contribution >= 4 is 17.4 Å². The van der Waals surface area contributed by atoms with E-state index in [1.165, 1.54) is 0 Å². The number of rotatable bonds is 3. The molecule has 4 N–H and O–H groups in total. The maximum atomic E-state index is 10.3. The van der Waals surface area contributed by atoms with Gasteiger partial charge in [-0.15, -0.1) is 0 Å². The Morgan fingerprint density at radius 3 is 1.52 bits per heavy atom. The van der Waals surface area contributed by atoms with E-state index in [1.54, 1.807) is 0 Å². The van der Waals surface area contributed by atoms with Gasteiger partial charge in [-0.2, -0.15) is 0 Å². The van der Waals surface area contributed by atoms with Crippen LogP contribution >= 0.6 is 0 Å². The average molecular weight is 456 g/mol. The molecule has 0 saturated heterocycles. The summed E-state index contributed by atoms with van der Waals surface area (Å²) in [5.41, 5.74) is 2.29. The summed E-state index contributed by atoms with van der Waals surface area (Å²) in [6, 6.07) is 28.4. The Morgan fingerprint density at radius 1 is 0.630 bits per heavy atom. The summed E-state index contributed by atoms with van der Waals surface area (Å²) < 4.78 is 0. The van der Waals surface area contributed by atoms with Crippen molar-refractivity contribution in [3.8, 4) is 0 Å². The zero-order chi connectivity index (χ0) is 15.9. The van der Waals surface area contributed by atoms with Crippen LogP contribution < -0.4 is 0 Å². The van der Waals surface area contributed by atoms with Crippen LogP contribution in [0.2, 0.25) is 0 Å². The number of nitrogens with zero attached hydrogens (tertiary/aromatic N) is 3. The summed E-state index contributed by atoms with van der Waals surface area (Å²) in [4.78, 5) is 4.33. The summed E-state index contributed by atoms with van der Waals surface area (Å²) in [6.45, 7) is 0. The quantitative estimate of drug-likeness (QED) is 0.240. The third kappa shape index (κ3) is 7.89. The molecule has 0 heterocycles. The van der Waals surface area contributed by atoms with Crippen LogP contribution in [0.1, 0.15) is 11.1 Å². The number of aliphatic imine (C=N–C) groups is 1. The number of amidine groups is 2. The summed E-state index contributed by atoms with van der Waals surface area (Å²) >= 11 is 0. The molecule has 0 atom stereocenters. The topological polar surface area (TPSA) is 116 Å². The first-order valence-electron chi connectivity index (χ1n) is 7.35. The predicted octanol–water partition coefficient (Wildman–Crippen LogP) is 6.58. The molecule has 0 aromatic heterocycles. The summed E-state index contributed by atoms with van der Waals surface area (Å²) in [6.07, 6.45) is 0. The molecular weight excluding hydrogens is 437 g/mol. The molecule has 5 nitrogen and oxygen atoms in total. The van der Waals surface area contributed by atoms with Gasteiger partial charge in [-0.05, 0) is 16.8 Å². The Kier molecular flexibility index (Phi) is 13.9. The van der Waals surface area contributed by atoms with Gasteiger partial charge in [-0.1, -0.05) is 103 Å². The van der Waals surface area contributed by atoms with Crippen molar-refractivity contribution < 1.29 is 34.1 Å². The molecule has 3 aromatic rings. The number of para-hydroxylation sites is 1. The van der Waals surface area contributed by atoms with Crippen molar-refractivity contribution in [2.75, 3.05) is 0 Å². The van der Waals surface area contributed by atoms with Gasteiger partial charge >= 0.3 is 34.1 Å². The molecule has 0 aliphatic carbocycles. The Hall–Kier alpha value is -2.24. The molecule has 0 aliphatic rings. The van der Waals surface area contributed by atoms with Crippen LogP contribution in [0, 0.1) is 0 Å². The first-order valence-corrected chi connectivity index (χ1v) is 7.35. The van der Waals surface area contributed by atoms with Gasteiger partial charge in [0.05, 0.1) is 0 Å². The molecule has 0 spiro atoms. The smallest absolute Gasteiger partial charge is 0.693 e. The van der Waals surface area contributed by atoms with Crippen molar-refractivity contribution in [1.82, 2.24) is 0 Å². The number of hydrogen-bond donors (Lipinski definition) is 0. The average Bonchev–Trinajstić information content (AvgIpc) is 2.63. The molecule has 2 radical (unpaired) electrons. The minimum absolute atomic E-state index is 0. The molecule has 3 rings (SSSR count). The molecule has 3 aromatic carbocycles. The van der Waals surface area contributed by atoms with Gasteiger partial charge in [-0.25, -0.2) is 0 Å². The standard InChI is InChI=1S/C20H15N3.2Cu.2H2N/c21-19(16-10-4-1-5-11-16)23-20(17-12-6-2-7-13-17)22-18-14-8-3-9-15-18;;;;/h1-15H;;;2*1H2/q-2;2*+2;2*-1. The van der Waals surface area contributed by atoms with Crippen LogP contribution in [0.25, 0.3) is 23.0 Å². The molecule has 0 unspecified atom stereocenters. The third-order valence-corrected chi connectivity index (χ3v) is 3.27. The monoisotopic (exact) mass is 455 g/mol. The van der Waals surface area contributed by atoms with Crippen LogP contribution in [-0.4, -0.2) is 11.7 Å². The second kappa shape index (κ2) is 13.9. The molecule has 0 fully saturated rings. The van der Waals surface area contributed by atoms with Crippen molar-refractivity contribution in [2.45, 2.75) is 0 Å². The summed E-state index contributed by atoms with van der Waals surface area (Å²) in [7, 11) is 0. The van der Waals surface area contributed by atoms with Crippen molar-refractivity contribution in [2.24, 2.45) is 4.99 Å². The molecule has 146 valence electrons. The van der Waals surface area contributed by atoms with Crippen LogP contribution in [0.15, 0.2) is 96.0 Å². The number of benzene rings is 3. The normalized spacial score (nSPS) is 9.41. The van der Waals surface area contributed by atoms with Crippen molar-refractivity contribution in [3.63, 3.8) is 0 Å². The van der Waals surface area contributed by atoms with Gasteiger partial charge < -0.3 is 28.0 Å². The predicted molar refractivity (Wildman–Crippen MR) is 107 cm³/mol. The fraction of sp³-hybridized carbons (Fsp3) is 0. The fourth-order valence-electron chi connectivity index (χ4n) is 2.12. The van der Waals surface area contributed by atoms with Crippen LogP contribution in [0.3, 0.4) is 0 Å². The van der Waals surface area contributed by atoms with E-state index in [0.717, 1.165) is 11.3 Å². The van der Waals surface area contributed by atoms with Gasteiger partial charge in [0.15, 0.2) is 0 Å². The SMILES string of the molecule is [Cu+2].[Cu+2].[N-]=C(N=C([N-]c1ccccc1)c1ccccc1)c1ccccc1.[NH2-].[NH2-]. The first kappa shape index (κ1) is 27.0. The molecule has 0 aliphatic heterocycles. The number of hydrogen-bond acceptors (Lipinski definition) is 0. The minimum Gasteiger partial charge on any atom is -0.693 e. The largest absolute Gasteiger partial charge is 2.00 e. The van der Waals surface area contributed by atoms with E-state index in [-0.39, 0.29) is 52.3 Å². The van der Waals surface area contributed by atoms with E-state index in [4.69, 9.17) is 0 Å². The van der Waals surface area contributed by atoms with Gasteiger partial charge in [-0.3, -0.25) is 0 Å². The van der Waals surface area contributed by atoms with E-state index in [2.05, 4.69) is 10.3 Å². The second-order valence-corrected chi connectivity index (χ2v) is 4.94. The van der Waals surface area contributed by atoms with Crippen LogP contribution in [0.4, 0.5) is 5.69 Å². The van der Waals surface area contributed by atoms with Gasteiger partial charge in [0.1, 0.15) is 0 Å². The van der Waals surface area contributed by atoms with E-state index in [1.807, 2.05) is 91.0 Å². The van der Waals surface area contributed by atoms with E-state index < -0.39 is 0 Å². The fourth-order valence-corrected chi connectivity index (χ4v) is 2.12. The Bertz CT molecular complexity index is 810. The van der Waals surface area contributed by atoms with Gasteiger partial charge in [0.25, 0.3) is 0 Å². The van der Waals surface area contributed by atoms with E-state index in [0.29, 0.717) is 11.4 Å². The van der Waals surface area contributed by atoms with E-state index >= 15 is 0 Å². The van der Waals surface area contributed by atoms with Crippen LogP contribution in [-0.2, 0) is 34.1 Å². The van der Waals surface area contributed by atoms with Gasteiger partial charge in [0, 0.05) is 0 Å². The molecule has 27 heavy (non-hydrogen) atoms. The summed E-state index contributed by atoms with van der Waals surface area (Å²) in [5, 5.41) is 14.9. The second-order valence-electron chi connectivity index (χ2n) is 4.94. The van der Waals surface area contributed by atoms with Crippen molar-refractivity contribution in [1.29, 1.82) is 0 Å². The Balaban J connectivity index is 0. The van der Waals surface area contributed by atoms with Crippen LogP contribution in [0.5, 0.6) is 0 Å². The first-order chi connectivity index (χ1) is 11.3. The molecular formula is C20H19Cu2N5. The molecule has 0 bridgehead atoms. The van der Waals surface area contributed by atoms with Crippen molar-refractivity contribution in [3.05, 3.63) is 125 Å². The molecule has 7 heteroatoms. The maximum Gasteiger partial charge on any atom is 2.00 e. The molecule has 0 saturated carbocycles. The molecule has 0 amide bonds. The zero-order valence-corrected chi connectivity index (χ0v) is 16.1. The third-order valence-electron chi connectivity index (χ3n) is 3.27. The number of nitrogens with two attached hydrogens (primary N) is 2.